The molecule has 0 atom stereocenters. The maximum atomic E-state index is 5.33. The van der Waals surface area contributed by atoms with Gasteiger partial charge in [-0.2, -0.15) is 0 Å². The Morgan fingerprint density at radius 1 is 1.20 bits per heavy atom. The number of hydrogen-bond donors (Lipinski definition) is 0. The molecule has 1 rings (SSSR count). The fourth-order valence-corrected chi connectivity index (χ4v) is 1.66. The van der Waals surface area contributed by atoms with Gasteiger partial charge in [-0.3, -0.25) is 0 Å². The zero-order chi connectivity index (χ0) is 11.3. The molecular weight excluding hydrogens is 184 g/mol. The van der Waals surface area contributed by atoms with Gasteiger partial charge in [0.25, 0.3) is 0 Å². The predicted molar refractivity (Wildman–Crippen MR) is 65.7 cm³/mol. The van der Waals surface area contributed by atoms with E-state index < -0.39 is 0 Å². The van der Waals surface area contributed by atoms with Crippen LogP contribution in [0.15, 0.2) is 18.2 Å². The SMILES string of the molecule is CCCCc1cc(OC)cc(C(C)C)c1. The van der Waals surface area contributed by atoms with Crippen LogP contribution in [-0.2, 0) is 6.42 Å². The second-order valence-corrected chi connectivity index (χ2v) is 4.37. The number of unbranched alkanes of at least 4 members (excludes halogenated alkanes) is 1. The third-order valence-electron chi connectivity index (χ3n) is 2.71. The number of hydrogen-bond acceptors (Lipinski definition) is 1. The lowest BCUT2D eigenvalue weighted by molar-refractivity contribution is 0.413. The van der Waals surface area contributed by atoms with Crippen LogP contribution in [0.4, 0.5) is 0 Å². The van der Waals surface area contributed by atoms with Gasteiger partial charge < -0.3 is 4.74 Å². The van der Waals surface area contributed by atoms with E-state index in [9.17, 15) is 0 Å². The van der Waals surface area contributed by atoms with Crippen molar-refractivity contribution in [2.24, 2.45) is 0 Å². The Morgan fingerprint density at radius 3 is 2.47 bits per heavy atom. The van der Waals surface area contributed by atoms with Gasteiger partial charge in [0.2, 0.25) is 0 Å². The Kier molecular flexibility index (Phi) is 4.67. The fourth-order valence-electron chi connectivity index (χ4n) is 1.66. The van der Waals surface area contributed by atoms with Crippen molar-refractivity contribution >= 4 is 0 Å². The van der Waals surface area contributed by atoms with Crippen molar-refractivity contribution in [3.8, 4) is 5.75 Å². The monoisotopic (exact) mass is 206 g/mol. The summed E-state index contributed by atoms with van der Waals surface area (Å²) < 4.78 is 5.33. The van der Waals surface area contributed by atoms with Gasteiger partial charge >= 0.3 is 0 Å². The Morgan fingerprint density at radius 2 is 1.93 bits per heavy atom. The molecule has 0 N–H and O–H groups in total. The molecule has 0 spiro atoms. The molecule has 0 saturated heterocycles. The molecule has 84 valence electrons. The summed E-state index contributed by atoms with van der Waals surface area (Å²) in [4.78, 5) is 0. The van der Waals surface area contributed by atoms with Gasteiger partial charge in [0, 0.05) is 0 Å². The summed E-state index contributed by atoms with van der Waals surface area (Å²) in [6.07, 6.45) is 3.66. The van der Waals surface area contributed by atoms with Crippen LogP contribution in [0, 0.1) is 0 Å². The first-order valence-corrected chi connectivity index (χ1v) is 5.85. The highest BCUT2D eigenvalue weighted by Gasteiger charge is 2.04. The summed E-state index contributed by atoms with van der Waals surface area (Å²) in [6.45, 7) is 6.67. The summed E-state index contributed by atoms with van der Waals surface area (Å²) >= 11 is 0. The highest BCUT2D eigenvalue weighted by Crippen LogP contribution is 2.23. The summed E-state index contributed by atoms with van der Waals surface area (Å²) in [5.74, 6) is 1.56. The molecule has 0 amide bonds. The van der Waals surface area contributed by atoms with Crippen LogP contribution >= 0.6 is 0 Å². The Labute approximate surface area is 93.5 Å². The van der Waals surface area contributed by atoms with Gasteiger partial charge in [-0.25, -0.2) is 0 Å². The van der Waals surface area contributed by atoms with E-state index in [1.807, 2.05) is 0 Å². The largest absolute Gasteiger partial charge is 0.497 e. The van der Waals surface area contributed by atoms with E-state index in [2.05, 4.69) is 39.0 Å². The van der Waals surface area contributed by atoms with Crippen molar-refractivity contribution in [1.82, 2.24) is 0 Å². The van der Waals surface area contributed by atoms with Crippen LogP contribution in [0.2, 0.25) is 0 Å². The molecule has 1 nitrogen and oxygen atoms in total. The minimum absolute atomic E-state index is 0.570. The van der Waals surface area contributed by atoms with Crippen molar-refractivity contribution in [2.75, 3.05) is 7.11 Å². The van der Waals surface area contributed by atoms with Crippen LogP contribution in [-0.4, -0.2) is 7.11 Å². The number of methoxy groups -OCH3 is 1. The minimum Gasteiger partial charge on any atom is -0.497 e. The zero-order valence-corrected chi connectivity index (χ0v) is 10.3. The molecule has 1 aromatic carbocycles. The lowest BCUT2D eigenvalue weighted by Gasteiger charge is -2.11. The van der Waals surface area contributed by atoms with Gasteiger partial charge in [-0.1, -0.05) is 33.3 Å². The molecule has 0 fully saturated rings. The molecule has 0 saturated carbocycles. The molecule has 0 aliphatic rings. The van der Waals surface area contributed by atoms with E-state index in [-0.39, 0.29) is 0 Å². The van der Waals surface area contributed by atoms with E-state index in [4.69, 9.17) is 4.74 Å². The van der Waals surface area contributed by atoms with Crippen LogP contribution in [0.1, 0.15) is 50.7 Å². The molecule has 1 heteroatoms. The standard InChI is InChI=1S/C14H22O/c1-5-6-7-12-8-13(11(2)3)10-14(9-12)15-4/h8-11H,5-7H2,1-4H3. The summed E-state index contributed by atoms with van der Waals surface area (Å²) in [7, 11) is 1.74. The molecule has 0 heterocycles. The van der Waals surface area contributed by atoms with Crippen molar-refractivity contribution in [2.45, 2.75) is 46.0 Å². The highest BCUT2D eigenvalue weighted by atomic mass is 16.5. The second kappa shape index (κ2) is 5.79. The van der Waals surface area contributed by atoms with Crippen LogP contribution in [0.25, 0.3) is 0 Å². The Bertz CT molecular complexity index is 302. The quantitative estimate of drug-likeness (QED) is 0.703. The van der Waals surface area contributed by atoms with Crippen molar-refractivity contribution < 1.29 is 4.74 Å². The molecule has 1 aromatic rings. The molecule has 0 unspecified atom stereocenters. The predicted octanol–water partition coefficient (Wildman–Crippen LogP) is 4.16. The third kappa shape index (κ3) is 3.58. The first kappa shape index (κ1) is 12.1. The molecule has 15 heavy (non-hydrogen) atoms. The molecule has 0 aromatic heterocycles. The molecule has 0 bridgehead atoms. The van der Waals surface area contributed by atoms with Gasteiger partial charge in [-0.15, -0.1) is 0 Å². The topological polar surface area (TPSA) is 9.23 Å². The van der Waals surface area contributed by atoms with Gasteiger partial charge in [0.05, 0.1) is 7.11 Å². The first-order chi connectivity index (χ1) is 7.17. The van der Waals surface area contributed by atoms with E-state index in [1.165, 1.54) is 24.0 Å². The Balaban J connectivity index is 2.90. The number of rotatable bonds is 5. The van der Waals surface area contributed by atoms with Crippen LogP contribution in [0.3, 0.4) is 0 Å². The molecule has 0 aliphatic heterocycles. The maximum Gasteiger partial charge on any atom is 0.119 e. The zero-order valence-electron chi connectivity index (χ0n) is 10.3. The van der Waals surface area contributed by atoms with E-state index in [0.29, 0.717) is 5.92 Å². The van der Waals surface area contributed by atoms with Gasteiger partial charge in [0.15, 0.2) is 0 Å². The lowest BCUT2D eigenvalue weighted by Crippen LogP contribution is -1.94. The van der Waals surface area contributed by atoms with Crippen molar-refractivity contribution in [3.63, 3.8) is 0 Å². The number of aryl methyl sites for hydroxylation is 1. The number of ether oxygens (including phenoxy) is 1. The van der Waals surface area contributed by atoms with Gasteiger partial charge in [-0.05, 0) is 42.0 Å². The maximum absolute atomic E-state index is 5.33. The molecule has 0 aliphatic carbocycles. The van der Waals surface area contributed by atoms with Gasteiger partial charge in [0.1, 0.15) is 5.75 Å². The second-order valence-electron chi connectivity index (χ2n) is 4.37. The molecular formula is C14H22O. The molecule has 0 radical (unpaired) electrons. The lowest BCUT2D eigenvalue weighted by atomic mass is 9.98. The average molecular weight is 206 g/mol. The average Bonchev–Trinajstić information content (AvgIpc) is 2.25. The highest BCUT2D eigenvalue weighted by molar-refractivity contribution is 5.36. The van der Waals surface area contributed by atoms with E-state index in [0.717, 1.165) is 12.2 Å². The van der Waals surface area contributed by atoms with Crippen molar-refractivity contribution in [1.29, 1.82) is 0 Å². The summed E-state index contributed by atoms with van der Waals surface area (Å²) in [5, 5.41) is 0. The van der Waals surface area contributed by atoms with Crippen LogP contribution in [0.5, 0.6) is 5.75 Å². The Hall–Kier alpha value is -0.980. The smallest absolute Gasteiger partial charge is 0.119 e. The summed E-state index contributed by atoms with van der Waals surface area (Å²) in [6, 6.07) is 6.60. The van der Waals surface area contributed by atoms with Crippen molar-refractivity contribution in [3.05, 3.63) is 29.3 Å². The normalized spacial score (nSPS) is 10.7. The number of benzene rings is 1. The fraction of sp³-hybridized carbons (Fsp3) is 0.571. The third-order valence-corrected chi connectivity index (χ3v) is 2.71. The van der Waals surface area contributed by atoms with Crippen LogP contribution < -0.4 is 4.74 Å². The van der Waals surface area contributed by atoms with E-state index in [1.54, 1.807) is 7.11 Å². The summed E-state index contributed by atoms with van der Waals surface area (Å²) in [5.41, 5.74) is 2.78. The minimum atomic E-state index is 0.570. The van der Waals surface area contributed by atoms with E-state index >= 15 is 0 Å². The first-order valence-electron chi connectivity index (χ1n) is 5.85.